The molecule has 4 rings (SSSR count). The second-order valence-electron chi connectivity index (χ2n) is 11.4. The predicted molar refractivity (Wildman–Crippen MR) is 167 cm³/mol. The highest BCUT2D eigenvalue weighted by molar-refractivity contribution is 9.10. The summed E-state index contributed by atoms with van der Waals surface area (Å²) in [7, 11) is 0. The lowest BCUT2D eigenvalue weighted by Gasteiger charge is -2.27. The molecule has 0 saturated carbocycles. The number of carbonyl (C=O) groups is 1. The third kappa shape index (κ3) is 8.07. The van der Waals surface area contributed by atoms with Gasteiger partial charge in [0.2, 0.25) is 0 Å². The number of esters is 1. The van der Waals surface area contributed by atoms with Crippen molar-refractivity contribution in [3.05, 3.63) is 70.3 Å². The number of hydrogen-bond acceptors (Lipinski definition) is 8. The fourth-order valence-electron chi connectivity index (χ4n) is 4.82. The van der Waals surface area contributed by atoms with Gasteiger partial charge in [-0.3, -0.25) is 4.98 Å². The summed E-state index contributed by atoms with van der Waals surface area (Å²) in [5.41, 5.74) is 7.23. The molecule has 0 N–H and O–H groups in total. The van der Waals surface area contributed by atoms with E-state index in [2.05, 4.69) is 55.2 Å². The van der Waals surface area contributed by atoms with Crippen LogP contribution in [0.25, 0.3) is 16.8 Å². The molecular formula is C32H40BrN5O4. The molecule has 3 heterocycles. The second-order valence-corrected chi connectivity index (χ2v) is 12.3. The maximum absolute atomic E-state index is 11.9. The Balaban J connectivity index is 1.52. The number of anilines is 2. The first-order valence-electron chi connectivity index (χ1n) is 14.2. The minimum atomic E-state index is -0.509. The summed E-state index contributed by atoms with van der Waals surface area (Å²) >= 11 is 3.79. The van der Waals surface area contributed by atoms with Gasteiger partial charge in [-0.1, -0.05) is 5.16 Å². The Morgan fingerprint density at radius 3 is 2.48 bits per heavy atom. The fraction of sp³-hybridized carbons (Fsp3) is 0.438. The van der Waals surface area contributed by atoms with Gasteiger partial charge in [0.05, 0.1) is 34.8 Å². The molecule has 3 aromatic heterocycles. The Hall–Kier alpha value is -3.50. The van der Waals surface area contributed by atoms with Gasteiger partial charge in [-0.15, -0.1) is 0 Å². The number of pyridine rings is 1. The number of nitrogens with zero attached hydrogens (tertiary/aromatic N) is 5. The summed E-state index contributed by atoms with van der Waals surface area (Å²) < 4.78 is 19.3. The van der Waals surface area contributed by atoms with Gasteiger partial charge in [-0.25, -0.2) is 9.78 Å². The van der Waals surface area contributed by atoms with E-state index in [0.717, 1.165) is 81.3 Å². The van der Waals surface area contributed by atoms with E-state index in [1.54, 1.807) is 0 Å². The number of halogens is 1. The third-order valence-corrected chi connectivity index (χ3v) is 7.35. The van der Waals surface area contributed by atoms with Crippen LogP contribution in [-0.2, 0) is 14.3 Å². The third-order valence-electron chi connectivity index (χ3n) is 6.72. The molecule has 0 saturated heterocycles. The van der Waals surface area contributed by atoms with Crippen LogP contribution in [0.1, 0.15) is 62.9 Å². The zero-order valence-corrected chi connectivity index (χ0v) is 27.1. The van der Waals surface area contributed by atoms with E-state index < -0.39 is 5.60 Å². The standard InChI is InChI=1S/C32H40BrN5O4/c1-21-18-37(20-35-21)28-12-11-26(16-27(28)33)38(13-9-8-10-14-40-19-30(39)41-32(5,6)7)29-15-25(17-34-22(29)2)31-23(3)36-42-24(31)4/h11-12,15-18,20H,8-10,13-14,19H2,1-7H3. The Morgan fingerprint density at radius 1 is 1.05 bits per heavy atom. The van der Waals surface area contributed by atoms with E-state index in [9.17, 15) is 4.79 Å². The van der Waals surface area contributed by atoms with Crippen molar-refractivity contribution in [2.45, 2.75) is 73.3 Å². The molecule has 0 atom stereocenters. The highest BCUT2D eigenvalue weighted by atomic mass is 79.9. The quantitative estimate of drug-likeness (QED) is 0.116. The largest absolute Gasteiger partial charge is 0.458 e. The highest BCUT2D eigenvalue weighted by Gasteiger charge is 2.19. The van der Waals surface area contributed by atoms with Gasteiger partial charge in [-0.05, 0) is 108 Å². The van der Waals surface area contributed by atoms with Gasteiger partial charge in [0.25, 0.3) is 0 Å². The van der Waals surface area contributed by atoms with Crippen LogP contribution in [0.5, 0.6) is 0 Å². The number of unbranched alkanes of at least 4 members (excludes halogenated alkanes) is 2. The van der Waals surface area contributed by atoms with E-state index in [1.165, 1.54) is 0 Å². The van der Waals surface area contributed by atoms with E-state index in [0.29, 0.717) is 6.61 Å². The van der Waals surface area contributed by atoms with Gasteiger partial charge < -0.3 is 23.5 Å². The zero-order valence-electron chi connectivity index (χ0n) is 25.5. The molecule has 0 unspecified atom stereocenters. The summed E-state index contributed by atoms with van der Waals surface area (Å²) in [4.78, 5) is 23.3. The number of hydrogen-bond donors (Lipinski definition) is 0. The summed E-state index contributed by atoms with van der Waals surface area (Å²) in [5.74, 6) is 0.430. The van der Waals surface area contributed by atoms with Crippen molar-refractivity contribution < 1.29 is 18.8 Å². The lowest BCUT2D eigenvalue weighted by atomic mass is 10.0. The van der Waals surface area contributed by atoms with Crippen molar-refractivity contribution in [2.75, 3.05) is 24.7 Å². The second kappa shape index (κ2) is 13.6. The minimum Gasteiger partial charge on any atom is -0.458 e. The number of aryl methyl sites for hydroxylation is 4. The lowest BCUT2D eigenvalue weighted by Crippen LogP contribution is -2.26. The van der Waals surface area contributed by atoms with Gasteiger partial charge in [-0.2, -0.15) is 0 Å². The molecule has 0 spiro atoms. The molecule has 0 aliphatic rings. The van der Waals surface area contributed by atoms with Gasteiger partial charge in [0, 0.05) is 46.8 Å². The molecule has 0 aliphatic carbocycles. The normalized spacial score (nSPS) is 11.6. The maximum atomic E-state index is 11.9. The monoisotopic (exact) mass is 637 g/mol. The molecule has 224 valence electrons. The van der Waals surface area contributed by atoms with Crippen LogP contribution < -0.4 is 4.90 Å². The van der Waals surface area contributed by atoms with Crippen LogP contribution >= 0.6 is 15.9 Å². The van der Waals surface area contributed by atoms with Crippen molar-refractivity contribution in [3.63, 3.8) is 0 Å². The Morgan fingerprint density at radius 2 is 1.83 bits per heavy atom. The molecule has 10 heteroatoms. The summed E-state index contributed by atoms with van der Waals surface area (Å²) in [6, 6.07) is 8.52. The SMILES string of the molecule is Cc1cn(-c2ccc(N(CCCCCOCC(=O)OC(C)(C)C)c3cc(-c4c(C)noc4C)cnc3C)cc2Br)cn1. The van der Waals surface area contributed by atoms with Crippen molar-refractivity contribution in [1.29, 1.82) is 0 Å². The minimum absolute atomic E-state index is 0.0282. The molecule has 1 aromatic carbocycles. The highest BCUT2D eigenvalue weighted by Crippen LogP contribution is 2.36. The Bertz CT molecular complexity index is 1500. The molecule has 42 heavy (non-hydrogen) atoms. The number of ether oxygens (including phenoxy) is 2. The molecule has 0 bridgehead atoms. The topological polar surface area (TPSA) is 95.5 Å². The van der Waals surface area contributed by atoms with Crippen molar-refractivity contribution in [1.82, 2.24) is 19.7 Å². The number of aromatic nitrogens is 4. The van der Waals surface area contributed by atoms with Crippen LogP contribution in [0.2, 0.25) is 0 Å². The molecule has 0 radical (unpaired) electrons. The fourth-order valence-corrected chi connectivity index (χ4v) is 5.39. The smallest absolute Gasteiger partial charge is 0.332 e. The van der Waals surface area contributed by atoms with Gasteiger partial charge in [0.1, 0.15) is 18.0 Å². The molecular weight excluding hydrogens is 598 g/mol. The number of rotatable bonds is 12. The van der Waals surface area contributed by atoms with Crippen LogP contribution in [0.3, 0.4) is 0 Å². The number of benzene rings is 1. The Labute approximate surface area is 256 Å². The summed E-state index contributed by atoms with van der Waals surface area (Å²) in [5, 5.41) is 4.14. The number of carbonyl (C=O) groups excluding carboxylic acids is 1. The Kier molecular flexibility index (Phi) is 10.2. The van der Waals surface area contributed by atoms with E-state index >= 15 is 0 Å². The van der Waals surface area contributed by atoms with Crippen molar-refractivity contribution >= 4 is 33.3 Å². The molecule has 0 fully saturated rings. The summed E-state index contributed by atoms with van der Waals surface area (Å²) in [6.07, 6.45) is 8.41. The number of imidazole rings is 1. The van der Waals surface area contributed by atoms with E-state index in [-0.39, 0.29) is 12.6 Å². The zero-order chi connectivity index (χ0) is 30.4. The van der Waals surface area contributed by atoms with E-state index in [1.807, 2.05) is 71.8 Å². The van der Waals surface area contributed by atoms with Crippen LogP contribution in [0.4, 0.5) is 11.4 Å². The molecule has 0 amide bonds. The average Bonchev–Trinajstić information content (AvgIpc) is 3.49. The van der Waals surface area contributed by atoms with Gasteiger partial charge >= 0.3 is 5.97 Å². The first-order valence-corrected chi connectivity index (χ1v) is 15.0. The maximum Gasteiger partial charge on any atom is 0.332 e. The van der Waals surface area contributed by atoms with Crippen molar-refractivity contribution in [2.24, 2.45) is 0 Å². The molecule has 0 aliphatic heterocycles. The molecule has 4 aromatic rings. The van der Waals surface area contributed by atoms with Gasteiger partial charge in [0.15, 0.2) is 0 Å². The first-order chi connectivity index (χ1) is 19.9. The molecule has 9 nitrogen and oxygen atoms in total. The van der Waals surface area contributed by atoms with Crippen LogP contribution in [0, 0.1) is 27.7 Å². The lowest BCUT2D eigenvalue weighted by molar-refractivity contribution is -0.160. The van der Waals surface area contributed by atoms with E-state index in [4.69, 9.17) is 19.0 Å². The van der Waals surface area contributed by atoms with Crippen molar-refractivity contribution in [3.8, 4) is 16.8 Å². The first kappa shape index (κ1) is 31.4. The van der Waals surface area contributed by atoms with Crippen LogP contribution in [-0.4, -0.2) is 51.0 Å². The van der Waals surface area contributed by atoms with Crippen LogP contribution in [0.15, 0.2) is 52.0 Å². The average molecular weight is 639 g/mol. The summed E-state index contributed by atoms with van der Waals surface area (Å²) in [6.45, 7) is 14.7. The predicted octanol–water partition coefficient (Wildman–Crippen LogP) is 7.59.